The number of pyridine rings is 1. The Morgan fingerprint density at radius 3 is 2.74 bits per heavy atom. The first kappa shape index (κ1) is 21.5. The van der Waals surface area contributed by atoms with E-state index < -0.39 is 0 Å². The molecule has 0 saturated carbocycles. The van der Waals surface area contributed by atoms with E-state index in [0.717, 1.165) is 67.1 Å². The van der Waals surface area contributed by atoms with Crippen molar-refractivity contribution in [1.82, 2.24) is 19.8 Å². The molecule has 3 N–H and O–H groups in total. The van der Waals surface area contributed by atoms with Gasteiger partial charge in [0.1, 0.15) is 5.65 Å². The third-order valence-electron chi connectivity index (χ3n) is 5.94. The molecule has 1 amide bonds. The van der Waals surface area contributed by atoms with Crippen LogP contribution < -0.4 is 5.32 Å². The summed E-state index contributed by atoms with van der Waals surface area (Å²) in [5.74, 6) is -0.0713. The van der Waals surface area contributed by atoms with Crippen LogP contribution in [0.4, 0.5) is 5.69 Å². The van der Waals surface area contributed by atoms with Crippen molar-refractivity contribution in [3.05, 3.63) is 59.4 Å². The van der Waals surface area contributed by atoms with Crippen molar-refractivity contribution in [3.8, 4) is 0 Å². The Morgan fingerprint density at radius 2 is 1.94 bits per heavy atom. The molecule has 0 aliphatic carbocycles. The number of nitrogens with one attached hydrogen (secondary N) is 2. The zero-order valence-corrected chi connectivity index (χ0v) is 18.0. The van der Waals surface area contributed by atoms with Crippen LogP contribution in [0.5, 0.6) is 0 Å². The third kappa shape index (κ3) is 4.36. The summed E-state index contributed by atoms with van der Waals surface area (Å²) in [4.78, 5) is 24.9. The number of fused-ring (bicyclic) bond motifs is 2. The predicted molar refractivity (Wildman–Crippen MR) is 125 cm³/mol. The van der Waals surface area contributed by atoms with Crippen LogP contribution in [0.3, 0.4) is 0 Å². The molecule has 31 heavy (non-hydrogen) atoms. The number of halogens is 1. The molecule has 0 atom stereocenters. The summed E-state index contributed by atoms with van der Waals surface area (Å²) in [5, 5.41) is 13.1. The minimum absolute atomic E-state index is 0. The average molecular weight is 440 g/mol. The summed E-state index contributed by atoms with van der Waals surface area (Å²) in [6.45, 7) is 5.75. The number of carbonyl (C=O) groups is 1. The summed E-state index contributed by atoms with van der Waals surface area (Å²) < 4.78 is 0. The number of aromatic amines is 1. The lowest BCUT2D eigenvalue weighted by Crippen LogP contribution is -2.46. The van der Waals surface area contributed by atoms with E-state index in [-0.39, 0.29) is 24.9 Å². The van der Waals surface area contributed by atoms with Crippen LogP contribution in [0.15, 0.2) is 42.7 Å². The van der Waals surface area contributed by atoms with Gasteiger partial charge >= 0.3 is 0 Å². The number of H-pyrrole nitrogens is 1. The largest absolute Gasteiger partial charge is 0.395 e. The number of rotatable bonds is 5. The Bertz CT molecular complexity index is 1120. The Kier molecular flexibility index (Phi) is 6.38. The second-order valence-corrected chi connectivity index (χ2v) is 7.88. The Labute approximate surface area is 187 Å². The Morgan fingerprint density at radius 1 is 1.13 bits per heavy atom. The summed E-state index contributed by atoms with van der Waals surface area (Å²) in [5.41, 5.74) is 5.48. The summed E-state index contributed by atoms with van der Waals surface area (Å²) >= 11 is 0. The van der Waals surface area contributed by atoms with Crippen molar-refractivity contribution < 1.29 is 9.90 Å². The molecule has 8 heteroatoms. The SMILES string of the molecule is Cl.O=C1Nc2ccc(CN3CCN(CCO)CC3)cc2C1=Cc1c[nH]c2ncccc12. The van der Waals surface area contributed by atoms with Crippen molar-refractivity contribution in [3.63, 3.8) is 0 Å². The van der Waals surface area contributed by atoms with E-state index in [0.29, 0.717) is 5.57 Å². The van der Waals surface area contributed by atoms with Gasteiger partial charge in [-0.2, -0.15) is 0 Å². The Balaban J connectivity index is 0.00000231. The third-order valence-corrected chi connectivity index (χ3v) is 5.94. The maximum absolute atomic E-state index is 12.7. The van der Waals surface area contributed by atoms with Gasteiger partial charge in [-0.25, -0.2) is 4.98 Å². The molecule has 5 rings (SSSR count). The number of aromatic nitrogens is 2. The van der Waals surface area contributed by atoms with Crippen LogP contribution in [-0.2, 0) is 11.3 Å². The quantitative estimate of drug-likeness (QED) is 0.532. The number of aliphatic hydroxyl groups excluding tert-OH is 1. The smallest absolute Gasteiger partial charge is 0.256 e. The van der Waals surface area contributed by atoms with Crippen LogP contribution in [0, 0.1) is 0 Å². The van der Waals surface area contributed by atoms with E-state index in [1.807, 2.05) is 30.5 Å². The zero-order chi connectivity index (χ0) is 20.5. The number of nitrogens with zero attached hydrogens (tertiary/aromatic N) is 3. The Hall–Kier alpha value is -2.71. The molecule has 0 unspecified atom stereocenters. The van der Waals surface area contributed by atoms with Gasteiger partial charge in [-0.3, -0.25) is 14.6 Å². The second-order valence-electron chi connectivity index (χ2n) is 7.88. The number of piperazine rings is 1. The molecule has 1 saturated heterocycles. The highest BCUT2D eigenvalue weighted by atomic mass is 35.5. The predicted octanol–water partition coefficient (Wildman–Crippen LogP) is 2.59. The molecular weight excluding hydrogens is 414 g/mol. The zero-order valence-electron chi connectivity index (χ0n) is 17.2. The summed E-state index contributed by atoms with van der Waals surface area (Å²) in [6.07, 6.45) is 5.59. The molecule has 4 heterocycles. The number of carbonyl (C=O) groups excluding carboxylic acids is 1. The first-order chi connectivity index (χ1) is 14.7. The van der Waals surface area contributed by atoms with Gasteiger partial charge in [0.25, 0.3) is 5.91 Å². The molecule has 2 aromatic heterocycles. The first-order valence-electron chi connectivity index (χ1n) is 10.4. The minimum atomic E-state index is -0.0713. The van der Waals surface area contributed by atoms with E-state index in [4.69, 9.17) is 5.11 Å². The fourth-order valence-corrected chi connectivity index (χ4v) is 4.30. The van der Waals surface area contributed by atoms with Gasteiger partial charge < -0.3 is 15.4 Å². The molecule has 3 aromatic rings. The fourth-order valence-electron chi connectivity index (χ4n) is 4.30. The topological polar surface area (TPSA) is 84.5 Å². The molecule has 2 aliphatic rings. The van der Waals surface area contributed by atoms with Gasteiger partial charge in [0.15, 0.2) is 0 Å². The van der Waals surface area contributed by atoms with Crippen molar-refractivity contribution in [2.45, 2.75) is 6.54 Å². The van der Waals surface area contributed by atoms with E-state index in [9.17, 15) is 4.79 Å². The van der Waals surface area contributed by atoms with E-state index in [1.54, 1.807) is 6.20 Å². The highest BCUT2D eigenvalue weighted by Crippen LogP contribution is 2.35. The molecule has 1 aromatic carbocycles. The highest BCUT2D eigenvalue weighted by Gasteiger charge is 2.25. The number of benzene rings is 1. The second kappa shape index (κ2) is 9.20. The maximum Gasteiger partial charge on any atom is 0.256 e. The number of anilines is 1. The molecule has 0 bridgehead atoms. The van der Waals surface area contributed by atoms with E-state index >= 15 is 0 Å². The molecule has 0 radical (unpaired) electrons. The first-order valence-corrected chi connectivity index (χ1v) is 10.4. The van der Waals surface area contributed by atoms with E-state index in [1.165, 1.54) is 5.56 Å². The van der Waals surface area contributed by atoms with Gasteiger partial charge in [-0.05, 0) is 35.9 Å². The van der Waals surface area contributed by atoms with Crippen molar-refractivity contribution in [2.24, 2.45) is 0 Å². The number of β-amino-alcohol motifs (C(OH)–C–C–N with tert-alkyl or cyclic N) is 1. The standard InChI is InChI=1S/C23H25N5O2.ClH/c29-11-10-27-6-8-28(9-7-27)15-16-3-4-21-19(12-16)20(23(30)26-21)13-17-14-25-22-18(17)2-1-5-24-22;/h1-5,12-14,29H,6-11,15H2,(H,24,25)(H,26,30);1H. The van der Waals surface area contributed by atoms with E-state index in [2.05, 4.69) is 37.2 Å². The number of hydrogen-bond donors (Lipinski definition) is 3. The number of hydrogen-bond acceptors (Lipinski definition) is 5. The lowest BCUT2D eigenvalue weighted by atomic mass is 10.0. The number of amides is 1. The van der Waals surface area contributed by atoms with Crippen LogP contribution in [-0.4, -0.2) is 70.1 Å². The van der Waals surface area contributed by atoms with Crippen LogP contribution in [0.1, 0.15) is 16.7 Å². The molecular formula is C23H26ClN5O2. The monoisotopic (exact) mass is 439 g/mol. The van der Waals surface area contributed by atoms with Crippen molar-refractivity contribution in [1.29, 1.82) is 0 Å². The van der Waals surface area contributed by atoms with Crippen LogP contribution >= 0.6 is 12.4 Å². The minimum Gasteiger partial charge on any atom is -0.395 e. The van der Waals surface area contributed by atoms with Gasteiger partial charge in [-0.1, -0.05) is 6.07 Å². The lowest BCUT2D eigenvalue weighted by Gasteiger charge is -2.34. The summed E-state index contributed by atoms with van der Waals surface area (Å²) in [6, 6.07) is 10.1. The average Bonchev–Trinajstić information content (AvgIpc) is 3.31. The summed E-state index contributed by atoms with van der Waals surface area (Å²) in [7, 11) is 0. The van der Waals surface area contributed by atoms with Gasteiger partial charge in [0.05, 0.1) is 6.61 Å². The molecule has 162 valence electrons. The van der Waals surface area contributed by atoms with Gasteiger partial charge in [-0.15, -0.1) is 12.4 Å². The number of aliphatic hydroxyl groups is 1. The normalized spacial score (nSPS) is 18.2. The fraction of sp³-hybridized carbons (Fsp3) is 0.304. The van der Waals surface area contributed by atoms with Gasteiger partial charge in [0, 0.05) is 79.4 Å². The molecule has 0 spiro atoms. The van der Waals surface area contributed by atoms with Crippen molar-refractivity contribution in [2.75, 3.05) is 44.6 Å². The molecule has 1 fully saturated rings. The van der Waals surface area contributed by atoms with Crippen LogP contribution in [0.2, 0.25) is 0 Å². The highest BCUT2D eigenvalue weighted by molar-refractivity contribution is 6.35. The molecule has 7 nitrogen and oxygen atoms in total. The molecule has 2 aliphatic heterocycles. The van der Waals surface area contributed by atoms with Gasteiger partial charge in [0.2, 0.25) is 0 Å². The van der Waals surface area contributed by atoms with Crippen molar-refractivity contribution >= 4 is 46.7 Å². The lowest BCUT2D eigenvalue weighted by molar-refractivity contribution is -0.110. The maximum atomic E-state index is 12.7. The van der Waals surface area contributed by atoms with Crippen LogP contribution in [0.25, 0.3) is 22.7 Å².